The Labute approximate surface area is 154 Å². The van der Waals surface area contributed by atoms with E-state index in [1.54, 1.807) is 12.1 Å². The highest BCUT2D eigenvalue weighted by Gasteiger charge is 1.96. The van der Waals surface area contributed by atoms with Gasteiger partial charge in [0.1, 0.15) is 17.3 Å². The summed E-state index contributed by atoms with van der Waals surface area (Å²) in [4.78, 5) is 9.99. The number of aldehydes is 1. The van der Waals surface area contributed by atoms with Crippen LogP contribution in [0.15, 0.2) is 84.7 Å². The number of rotatable bonds is 6. The van der Waals surface area contributed by atoms with Crippen molar-refractivity contribution in [2.24, 2.45) is 0 Å². The largest absolute Gasteiger partial charge is 0.458 e. The molecule has 2 aromatic rings. The van der Waals surface area contributed by atoms with Gasteiger partial charge in [-0.1, -0.05) is 42.5 Å². The lowest BCUT2D eigenvalue weighted by Crippen LogP contribution is -1.92. The first kappa shape index (κ1) is 20.9. The first-order valence-corrected chi connectivity index (χ1v) is 8.15. The van der Waals surface area contributed by atoms with Gasteiger partial charge in [-0.2, -0.15) is 0 Å². The molecule has 3 nitrogen and oxygen atoms in total. The quantitative estimate of drug-likeness (QED) is 0.406. The summed E-state index contributed by atoms with van der Waals surface area (Å²) in [5, 5.41) is 3.06. The molecule has 0 saturated carbocycles. The number of hydrogen-bond acceptors (Lipinski definition) is 3. The maximum absolute atomic E-state index is 12.4. The molecule has 2 rings (SSSR count). The number of allylic oxidation sites excluding steroid dienone is 4. The molecule has 0 atom stereocenters. The Bertz CT molecular complexity index is 794. The van der Waals surface area contributed by atoms with E-state index in [0.717, 1.165) is 11.4 Å². The highest BCUT2D eigenvalue weighted by atomic mass is 19.1. The number of anilines is 1. The van der Waals surface area contributed by atoms with Crippen molar-refractivity contribution in [1.29, 1.82) is 0 Å². The minimum Gasteiger partial charge on any atom is -0.458 e. The number of carbonyl (C=O) groups excluding carboxylic acids is 1. The maximum atomic E-state index is 12.4. The zero-order valence-corrected chi connectivity index (χ0v) is 15.3. The van der Waals surface area contributed by atoms with E-state index in [0.29, 0.717) is 12.0 Å². The average Bonchev–Trinajstić information content (AvgIpc) is 2.67. The fourth-order valence-corrected chi connectivity index (χ4v) is 1.79. The third-order valence-corrected chi connectivity index (χ3v) is 3.39. The predicted molar refractivity (Wildman–Crippen MR) is 106 cm³/mol. The van der Waals surface area contributed by atoms with Crippen molar-refractivity contribution in [1.82, 2.24) is 0 Å². The van der Waals surface area contributed by atoms with Gasteiger partial charge in [-0.05, 0) is 44.2 Å². The number of benzene rings is 2. The molecule has 0 aliphatic rings. The third-order valence-electron chi connectivity index (χ3n) is 3.39. The van der Waals surface area contributed by atoms with Gasteiger partial charge in [0.25, 0.3) is 0 Å². The lowest BCUT2D eigenvalue weighted by Gasteiger charge is -2.07. The van der Waals surface area contributed by atoms with Crippen molar-refractivity contribution in [3.63, 3.8) is 0 Å². The van der Waals surface area contributed by atoms with Crippen LogP contribution in [-0.4, -0.2) is 13.3 Å². The normalized spacial score (nSPS) is 10.7. The van der Waals surface area contributed by atoms with Gasteiger partial charge in [-0.15, -0.1) is 0 Å². The van der Waals surface area contributed by atoms with E-state index < -0.39 is 5.82 Å². The Morgan fingerprint density at radius 2 is 1.88 bits per heavy atom. The minimum atomic E-state index is -0.465. The van der Waals surface area contributed by atoms with Crippen molar-refractivity contribution in [2.75, 3.05) is 12.4 Å². The second kappa shape index (κ2) is 11.4. The van der Waals surface area contributed by atoms with E-state index in [1.807, 2.05) is 63.4 Å². The average molecular weight is 353 g/mol. The van der Waals surface area contributed by atoms with Crippen molar-refractivity contribution in [2.45, 2.75) is 13.8 Å². The van der Waals surface area contributed by atoms with Gasteiger partial charge < -0.3 is 10.1 Å². The first-order valence-electron chi connectivity index (χ1n) is 8.15. The molecule has 0 bridgehead atoms. The molecular formula is C22H24FNO2. The monoisotopic (exact) mass is 353 g/mol. The van der Waals surface area contributed by atoms with Crippen molar-refractivity contribution in [3.05, 3.63) is 96.1 Å². The molecule has 0 spiro atoms. The molecule has 26 heavy (non-hydrogen) atoms. The highest BCUT2D eigenvalue weighted by molar-refractivity contribution is 5.74. The van der Waals surface area contributed by atoms with E-state index in [1.165, 1.54) is 17.7 Å². The van der Waals surface area contributed by atoms with Crippen LogP contribution in [0.1, 0.15) is 24.2 Å². The summed E-state index contributed by atoms with van der Waals surface area (Å²) in [6, 6.07) is 13.6. The molecule has 0 aliphatic heterocycles. The Balaban J connectivity index is 0.000000314. The molecule has 2 aromatic carbocycles. The predicted octanol–water partition coefficient (Wildman–Crippen LogP) is 5.78. The van der Waals surface area contributed by atoms with Crippen LogP contribution in [0.2, 0.25) is 0 Å². The van der Waals surface area contributed by atoms with Gasteiger partial charge in [0.05, 0.1) is 5.56 Å². The fraction of sp³-hybridized carbons (Fsp3) is 0.136. The van der Waals surface area contributed by atoms with E-state index in [4.69, 9.17) is 4.74 Å². The molecule has 0 radical (unpaired) electrons. The van der Waals surface area contributed by atoms with Gasteiger partial charge >= 0.3 is 0 Å². The van der Waals surface area contributed by atoms with Crippen LogP contribution in [0.3, 0.4) is 0 Å². The summed E-state index contributed by atoms with van der Waals surface area (Å²) in [6.45, 7) is 7.89. The van der Waals surface area contributed by atoms with Gasteiger partial charge in [-0.3, -0.25) is 4.79 Å². The lowest BCUT2D eigenvalue weighted by atomic mass is 10.2. The molecule has 0 heterocycles. The lowest BCUT2D eigenvalue weighted by molar-refractivity contribution is 0.112. The summed E-state index contributed by atoms with van der Waals surface area (Å²) in [7, 11) is 1.88. The fourth-order valence-electron chi connectivity index (χ4n) is 1.79. The number of halogens is 1. The van der Waals surface area contributed by atoms with Crippen LogP contribution in [-0.2, 0) is 0 Å². The molecule has 0 amide bonds. The Kier molecular flexibility index (Phi) is 9.18. The van der Waals surface area contributed by atoms with Crippen LogP contribution < -0.4 is 10.1 Å². The molecule has 136 valence electrons. The Hall–Kier alpha value is -3.14. The SMILES string of the molecule is C=C(/C=C\C(C)=C/C)Oc1cccc(NC)c1.O=Cc1ccccc1F. The van der Waals surface area contributed by atoms with Crippen molar-refractivity contribution in [3.8, 4) is 5.75 Å². The molecular weight excluding hydrogens is 329 g/mol. The Morgan fingerprint density at radius 1 is 1.15 bits per heavy atom. The van der Waals surface area contributed by atoms with E-state index >= 15 is 0 Å². The first-order chi connectivity index (χ1) is 12.5. The summed E-state index contributed by atoms with van der Waals surface area (Å²) in [6.07, 6.45) is 6.37. The molecule has 0 unspecified atom stereocenters. The van der Waals surface area contributed by atoms with Crippen LogP contribution >= 0.6 is 0 Å². The number of nitrogens with one attached hydrogen (secondary N) is 1. The second-order valence-corrected chi connectivity index (χ2v) is 5.35. The second-order valence-electron chi connectivity index (χ2n) is 5.35. The smallest absolute Gasteiger partial charge is 0.152 e. The zero-order valence-electron chi connectivity index (χ0n) is 15.3. The topological polar surface area (TPSA) is 38.3 Å². The standard InChI is InChI=1S/C15H19NO.C7H5FO/c1-5-12(2)9-10-13(3)17-15-8-6-7-14(11-15)16-4;8-7-4-2-1-3-6(7)5-9/h5-11,16H,3H2,1-2,4H3;1-5H/b10-9-,12-5-;. The summed E-state index contributed by atoms with van der Waals surface area (Å²) in [5.41, 5.74) is 2.31. The summed E-state index contributed by atoms with van der Waals surface area (Å²) >= 11 is 0. The van der Waals surface area contributed by atoms with E-state index in [-0.39, 0.29) is 5.56 Å². The van der Waals surface area contributed by atoms with Gasteiger partial charge in [0.2, 0.25) is 0 Å². The highest BCUT2D eigenvalue weighted by Crippen LogP contribution is 2.19. The maximum Gasteiger partial charge on any atom is 0.152 e. The molecule has 1 N–H and O–H groups in total. The van der Waals surface area contributed by atoms with Crippen molar-refractivity contribution >= 4 is 12.0 Å². The Morgan fingerprint density at radius 3 is 2.46 bits per heavy atom. The molecule has 4 heteroatoms. The number of hydrogen-bond donors (Lipinski definition) is 1. The zero-order chi connectivity index (χ0) is 19.4. The van der Waals surface area contributed by atoms with Gasteiger partial charge in [0.15, 0.2) is 6.29 Å². The minimum absolute atomic E-state index is 0.109. The number of carbonyl (C=O) groups is 1. The van der Waals surface area contributed by atoms with Gasteiger partial charge in [0, 0.05) is 18.8 Å². The van der Waals surface area contributed by atoms with Gasteiger partial charge in [-0.25, -0.2) is 4.39 Å². The van der Waals surface area contributed by atoms with Crippen LogP contribution in [0.4, 0.5) is 10.1 Å². The molecule has 0 fully saturated rings. The summed E-state index contributed by atoms with van der Waals surface area (Å²) in [5.74, 6) is 0.941. The third kappa shape index (κ3) is 7.62. The van der Waals surface area contributed by atoms with Crippen LogP contribution in [0.5, 0.6) is 5.75 Å². The van der Waals surface area contributed by atoms with E-state index in [2.05, 4.69) is 11.9 Å². The summed E-state index contributed by atoms with van der Waals surface area (Å²) < 4.78 is 18.0. The molecule has 0 saturated heterocycles. The van der Waals surface area contributed by atoms with Crippen molar-refractivity contribution < 1.29 is 13.9 Å². The van der Waals surface area contributed by atoms with Crippen LogP contribution in [0.25, 0.3) is 0 Å². The molecule has 0 aliphatic carbocycles. The molecule has 0 aromatic heterocycles. The number of ether oxygens (including phenoxy) is 1. The van der Waals surface area contributed by atoms with Crippen LogP contribution in [0, 0.1) is 5.82 Å². The van der Waals surface area contributed by atoms with E-state index in [9.17, 15) is 9.18 Å².